The summed E-state index contributed by atoms with van der Waals surface area (Å²) in [5.41, 5.74) is 1.22. The Balaban J connectivity index is 2.64. The Labute approximate surface area is 97.4 Å². The maximum Gasteiger partial charge on any atom is 0.121 e. The van der Waals surface area contributed by atoms with Gasteiger partial charge in [0, 0.05) is 6.04 Å². The monoisotopic (exact) mass is 223 g/mol. The fraction of sp³-hybridized carbons (Fsp3) is 0.538. The van der Waals surface area contributed by atoms with Crippen molar-refractivity contribution in [3.8, 4) is 5.75 Å². The second kappa shape index (κ2) is 5.87. The quantitative estimate of drug-likeness (QED) is 0.803. The smallest absolute Gasteiger partial charge is 0.121 e. The van der Waals surface area contributed by atoms with E-state index in [0.29, 0.717) is 6.04 Å². The maximum atomic E-state index is 9.33. The van der Waals surface area contributed by atoms with Crippen molar-refractivity contribution >= 4 is 0 Å². The van der Waals surface area contributed by atoms with Crippen molar-refractivity contribution in [1.82, 2.24) is 5.32 Å². The molecule has 1 aromatic rings. The summed E-state index contributed by atoms with van der Waals surface area (Å²) in [6.07, 6.45) is -0.650. The number of hydrogen-bond donors (Lipinski definition) is 2. The van der Waals surface area contributed by atoms with E-state index in [2.05, 4.69) is 12.2 Å². The third-order valence-corrected chi connectivity index (χ3v) is 2.81. The van der Waals surface area contributed by atoms with E-state index < -0.39 is 6.10 Å². The van der Waals surface area contributed by atoms with E-state index in [1.165, 1.54) is 5.56 Å². The molecule has 2 N–H and O–H groups in total. The number of aliphatic hydroxyl groups is 1. The van der Waals surface area contributed by atoms with Gasteiger partial charge in [-0.1, -0.05) is 12.1 Å². The lowest BCUT2D eigenvalue weighted by atomic mass is 10.1. The van der Waals surface area contributed by atoms with Gasteiger partial charge in [-0.05, 0) is 45.5 Å². The SMILES string of the molecule is CNC(C)c1ccc(OC(C)C(C)O)cc1. The summed E-state index contributed by atoms with van der Waals surface area (Å²) in [6.45, 7) is 5.69. The molecule has 0 saturated carbocycles. The molecule has 0 saturated heterocycles. The maximum absolute atomic E-state index is 9.33. The van der Waals surface area contributed by atoms with Crippen LogP contribution in [0.3, 0.4) is 0 Å². The van der Waals surface area contributed by atoms with Crippen molar-refractivity contribution < 1.29 is 9.84 Å². The molecular formula is C13H21NO2. The molecule has 16 heavy (non-hydrogen) atoms. The highest BCUT2D eigenvalue weighted by Crippen LogP contribution is 2.18. The van der Waals surface area contributed by atoms with Crippen LogP contribution in [0.15, 0.2) is 24.3 Å². The Bertz CT molecular complexity index is 308. The number of rotatable bonds is 5. The fourth-order valence-electron chi connectivity index (χ4n) is 1.31. The van der Waals surface area contributed by atoms with Crippen molar-refractivity contribution in [1.29, 1.82) is 0 Å². The molecule has 0 bridgehead atoms. The molecule has 0 radical (unpaired) electrons. The second-order valence-electron chi connectivity index (χ2n) is 4.14. The van der Waals surface area contributed by atoms with Crippen LogP contribution in [0.5, 0.6) is 5.75 Å². The van der Waals surface area contributed by atoms with E-state index in [1.807, 2.05) is 38.2 Å². The molecule has 1 aromatic carbocycles. The first-order valence-corrected chi connectivity index (χ1v) is 5.66. The molecule has 0 aliphatic carbocycles. The minimum atomic E-state index is -0.462. The van der Waals surface area contributed by atoms with Gasteiger partial charge in [0.25, 0.3) is 0 Å². The van der Waals surface area contributed by atoms with Gasteiger partial charge in [0.15, 0.2) is 0 Å². The van der Waals surface area contributed by atoms with Gasteiger partial charge in [-0.15, -0.1) is 0 Å². The van der Waals surface area contributed by atoms with E-state index >= 15 is 0 Å². The van der Waals surface area contributed by atoms with Gasteiger partial charge in [0.2, 0.25) is 0 Å². The molecule has 0 aromatic heterocycles. The number of ether oxygens (including phenoxy) is 1. The zero-order valence-electron chi connectivity index (χ0n) is 10.4. The highest BCUT2D eigenvalue weighted by Gasteiger charge is 2.10. The van der Waals surface area contributed by atoms with E-state index in [1.54, 1.807) is 6.92 Å². The van der Waals surface area contributed by atoms with Gasteiger partial charge in [-0.25, -0.2) is 0 Å². The summed E-state index contributed by atoms with van der Waals surface area (Å²) in [7, 11) is 1.94. The van der Waals surface area contributed by atoms with Gasteiger partial charge in [0.1, 0.15) is 11.9 Å². The van der Waals surface area contributed by atoms with Gasteiger partial charge >= 0.3 is 0 Å². The molecule has 3 heteroatoms. The molecule has 0 spiro atoms. The highest BCUT2D eigenvalue weighted by molar-refractivity contribution is 5.29. The summed E-state index contributed by atoms with van der Waals surface area (Å²) < 4.78 is 5.57. The van der Waals surface area contributed by atoms with Crippen LogP contribution in [-0.2, 0) is 0 Å². The van der Waals surface area contributed by atoms with Crippen LogP contribution in [-0.4, -0.2) is 24.4 Å². The highest BCUT2D eigenvalue weighted by atomic mass is 16.5. The Morgan fingerprint density at radius 2 is 1.69 bits per heavy atom. The zero-order chi connectivity index (χ0) is 12.1. The predicted octanol–water partition coefficient (Wildman–Crippen LogP) is 2.12. The van der Waals surface area contributed by atoms with Crippen molar-refractivity contribution in [2.45, 2.75) is 39.0 Å². The lowest BCUT2D eigenvalue weighted by Crippen LogP contribution is -2.25. The summed E-state index contributed by atoms with van der Waals surface area (Å²) in [4.78, 5) is 0. The molecule has 0 aliphatic heterocycles. The summed E-state index contributed by atoms with van der Waals surface area (Å²) in [5.74, 6) is 0.792. The van der Waals surface area contributed by atoms with E-state index in [0.717, 1.165) is 5.75 Å². The number of aliphatic hydroxyl groups excluding tert-OH is 1. The first-order valence-electron chi connectivity index (χ1n) is 5.66. The van der Waals surface area contributed by atoms with Crippen LogP contribution in [0.1, 0.15) is 32.4 Å². The van der Waals surface area contributed by atoms with Crippen molar-refractivity contribution in [2.24, 2.45) is 0 Å². The molecule has 0 fully saturated rings. The first-order chi connectivity index (χ1) is 7.54. The van der Waals surface area contributed by atoms with Crippen LogP contribution < -0.4 is 10.1 Å². The third-order valence-electron chi connectivity index (χ3n) is 2.81. The Morgan fingerprint density at radius 3 is 2.12 bits per heavy atom. The first kappa shape index (κ1) is 13.0. The number of benzene rings is 1. The van der Waals surface area contributed by atoms with E-state index in [9.17, 15) is 5.11 Å². The van der Waals surface area contributed by atoms with Crippen molar-refractivity contribution in [2.75, 3.05) is 7.05 Å². The molecule has 3 atom stereocenters. The van der Waals surface area contributed by atoms with Crippen LogP contribution in [0, 0.1) is 0 Å². The largest absolute Gasteiger partial charge is 0.488 e. The summed E-state index contributed by atoms with van der Waals surface area (Å²) >= 11 is 0. The van der Waals surface area contributed by atoms with E-state index in [4.69, 9.17) is 4.74 Å². The van der Waals surface area contributed by atoms with E-state index in [-0.39, 0.29) is 6.10 Å². The van der Waals surface area contributed by atoms with Crippen molar-refractivity contribution in [3.05, 3.63) is 29.8 Å². The van der Waals surface area contributed by atoms with Crippen LogP contribution >= 0.6 is 0 Å². The molecule has 0 aliphatic rings. The average molecular weight is 223 g/mol. The predicted molar refractivity (Wildman–Crippen MR) is 65.7 cm³/mol. The van der Waals surface area contributed by atoms with Gasteiger partial charge < -0.3 is 15.2 Å². The van der Waals surface area contributed by atoms with Gasteiger partial charge in [-0.2, -0.15) is 0 Å². The average Bonchev–Trinajstić information content (AvgIpc) is 2.28. The molecule has 0 heterocycles. The second-order valence-corrected chi connectivity index (χ2v) is 4.14. The molecule has 1 rings (SSSR count). The minimum Gasteiger partial charge on any atom is -0.488 e. The zero-order valence-corrected chi connectivity index (χ0v) is 10.4. The molecular weight excluding hydrogens is 202 g/mol. The summed E-state index contributed by atoms with van der Waals surface area (Å²) in [6, 6.07) is 8.27. The van der Waals surface area contributed by atoms with Crippen LogP contribution in [0.2, 0.25) is 0 Å². The van der Waals surface area contributed by atoms with Gasteiger partial charge in [0.05, 0.1) is 6.10 Å². The van der Waals surface area contributed by atoms with Gasteiger partial charge in [-0.3, -0.25) is 0 Å². The molecule has 90 valence electrons. The summed E-state index contributed by atoms with van der Waals surface area (Å²) in [5, 5.41) is 12.5. The molecule has 3 unspecified atom stereocenters. The molecule has 0 amide bonds. The Morgan fingerprint density at radius 1 is 1.12 bits per heavy atom. The van der Waals surface area contributed by atoms with Crippen LogP contribution in [0.25, 0.3) is 0 Å². The Kier molecular flexibility index (Phi) is 4.77. The fourth-order valence-corrected chi connectivity index (χ4v) is 1.31. The van der Waals surface area contributed by atoms with Crippen molar-refractivity contribution in [3.63, 3.8) is 0 Å². The van der Waals surface area contributed by atoms with Crippen LogP contribution in [0.4, 0.5) is 0 Å². The topological polar surface area (TPSA) is 41.5 Å². The normalized spacial score (nSPS) is 16.6. The minimum absolute atomic E-state index is 0.187. The number of hydrogen-bond acceptors (Lipinski definition) is 3. The Hall–Kier alpha value is -1.06. The lowest BCUT2D eigenvalue weighted by Gasteiger charge is -2.18. The number of nitrogens with one attached hydrogen (secondary N) is 1. The standard InChI is InChI=1S/C13H21NO2/c1-9(14-4)12-5-7-13(8-6-12)16-11(3)10(2)15/h5-11,14-15H,1-4H3. The molecule has 3 nitrogen and oxygen atoms in total. The third kappa shape index (κ3) is 3.51. The lowest BCUT2D eigenvalue weighted by molar-refractivity contribution is 0.0604.